The zero-order valence-corrected chi connectivity index (χ0v) is 17.7. The van der Waals surface area contributed by atoms with Gasteiger partial charge in [-0.1, -0.05) is 41.9 Å². The summed E-state index contributed by atoms with van der Waals surface area (Å²) in [7, 11) is 0. The third-order valence-corrected chi connectivity index (χ3v) is 4.43. The van der Waals surface area contributed by atoms with Crippen LogP contribution in [-0.4, -0.2) is 33.9 Å². The number of halogens is 1. The van der Waals surface area contributed by atoms with Crippen LogP contribution in [0, 0.1) is 5.92 Å². The van der Waals surface area contributed by atoms with Crippen molar-refractivity contribution in [2.24, 2.45) is 5.92 Å². The number of alkyl carbamates (subject to hydrolysis) is 1. The van der Waals surface area contributed by atoms with E-state index >= 15 is 0 Å². The van der Waals surface area contributed by atoms with Crippen LogP contribution in [0.1, 0.15) is 26.5 Å². The fourth-order valence-electron chi connectivity index (χ4n) is 2.63. The summed E-state index contributed by atoms with van der Waals surface area (Å²) in [4.78, 5) is 16.7. The summed E-state index contributed by atoms with van der Waals surface area (Å²) in [6.07, 6.45) is -0.466. The van der Waals surface area contributed by atoms with Gasteiger partial charge in [0.2, 0.25) is 5.88 Å². The second-order valence-corrected chi connectivity index (χ2v) is 7.55. The van der Waals surface area contributed by atoms with Crippen molar-refractivity contribution in [2.45, 2.75) is 27.3 Å². The number of imidazole rings is 1. The zero-order chi connectivity index (χ0) is 20.1. The molecule has 0 fully saturated rings. The van der Waals surface area contributed by atoms with E-state index in [1.165, 1.54) is 0 Å². The number of carbonyl (C=O) groups excluding carboxylic acids is 1. The quantitative estimate of drug-likeness (QED) is 0.580. The van der Waals surface area contributed by atoms with Crippen LogP contribution >= 0.6 is 15.9 Å². The van der Waals surface area contributed by atoms with E-state index in [9.17, 15) is 4.79 Å². The number of carbonyl (C=O) groups is 1. The highest BCUT2D eigenvalue weighted by Gasteiger charge is 2.17. The number of nitrogens with zero attached hydrogens (tertiary/aromatic N) is 3. The minimum absolute atomic E-state index is 0.228. The lowest BCUT2D eigenvalue weighted by atomic mass is 10.1. The Bertz CT molecular complexity index is 954. The lowest BCUT2D eigenvalue weighted by Gasteiger charge is -2.10. The van der Waals surface area contributed by atoms with Gasteiger partial charge in [-0.05, 0) is 31.0 Å². The third kappa shape index (κ3) is 4.81. The molecular formula is C20H23BrN4O3. The Morgan fingerprint density at radius 2 is 1.96 bits per heavy atom. The average Bonchev–Trinajstić information content (AvgIpc) is 3.03. The first kappa shape index (κ1) is 20.1. The van der Waals surface area contributed by atoms with Crippen LogP contribution in [0.5, 0.6) is 5.88 Å². The molecule has 0 aliphatic carbocycles. The summed E-state index contributed by atoms with van der Waals surface area (Å²) >= 11 is 3.45. The van der Waals surface area contributed by atoms with Gasteiger partial charge in [0.1, 0.15) is 0 Å². The van der Waals surface area contributed by atoms with Crippen LogP contribution in [0.4, 0.5) is 4.79 Å². The van der Waals surface area contributed by atoms with Crippen LogP contribution in [-0.2, 0) is 11.3 Å². The van der Waals surface area contributed by atoms with Crippen molar-refractivity contribution in [3.8, 4) is 17.1 Å². The van der Waals surface area contributed by atoms with Crippen LogP contribution in [0.15, 0.2) is 40.9 Å². The van der Waals surface area contributed by atoms with Gasteiger partial charge in [-0.15, -0.1) is 5.10 Å². The number of aromatic nitrogens is 3. The first-order valence-electron chi connectivity index (χ1n) is 9.16. The van der Waals surface area contributed by atoms with Gasteiger partial charge in [0.25, 0.3) is 0 Å². The van der Waals surface area contributed by atoms with Crippen molar-refractivity contribution in [2.75, 3.05) is 13.2 Å². The molecule has 0 bridgehead atoms. The fourth-order valence-corrected chi connectivity index (χ4v) is 2.90. The fraction of sp³-hybridized carbons (Fsp3) is 0.350. The van der Waals surface area contributed by atoms with Crippen molar-refractivity contribution < 1.29 is 14.3 Å². The van der Waals surface area contributed by atoms with Gasteiger partial charge in [-0.25, -0.2) is 14.3 Å². The number of benzene rings is 1. The van der Waals surface area contributed by atoms with Crippen LogP contribution < -0.4 is 10.1 Å². The summed E-state index contributed by atoms with van der Waals surface area (Å²) in [6.45, 7) is 6.99. The molecule has 0 saturated heterocycles. The summed E-state index contributed by atoms with van der Waals surface area (Å²) < 4.78 is 13.4. The molecular weight excluding hydrogens is 424 g/mol. The molecule has 0 spiro atoms. The summed E-state index contributed by atoms with van der Waals surface area (Å²) in [6, 6.07) is 11.5. The average molecular weight is 447 g/mol. The van der Waals surface area contributed by atoms with Crippen molar-refractivity contribution in [1.29, 1.82) is 0 Å². The molecule has 0 radical (unpaired) electrons. The van der Waals surface area contributed by atoms with Gasteiger partial charge >= 0.3 is 6.09 Å². The summed E-state index contributed by atoms with van der Waals surface area (Å²) in [5.41, 5.74) is 3.10. The number of amides is 1. The molecule has 1 N–H and O–H groups in total. The number of hydrogen-bond acceptors (Lipinski definition) is 5. The monoisotopic (exact) mass is 446 g/mol. The molecule has 0 atom stereocenters. The standard InChI is InChI=1S/C20H23BrN4O3/c1-4-27-18-10-9-17-23-19(14-5-7-15(21)8-6-14)16(25(17)24-18)11-22-20(26)28-12-13(2)3/h5-10,13H,4,11-12H2,1-3H3,(H,22,26). The molecule has 0 aliphatic heterocycles. The highest BCUT2D eigenvalue weighted by atomic mass is 79.9. The summed E-state index contributed by atoms with van der Waals surface area (Å²) in [5.74, 6) is 0.772. The Morgan fingerprint density at radius 1 is 1.21 bits per heavy atom. The Kier molecular flexibility index (Phi) is 6.51. The molecule has 0 saturated carbocycles. The molecule has 8 heteroatoms. The van der Waals surface area contributed by atoms with Crippen molar-refractivity contribution in [3.63, 3.8) is 0 Å². The van der Waals surface area contributed by atoms with Gasteiger partial charge in [0, 0.05) is 16.1 Å². The lowest BCUT2D eigenvalue weighted by molar-refractivity contribution is 0.132. The van der Waals surface area contributed by atoms with Crippen LogP contribution in [0.25, 0.3) is 16.9 Å². The van der Waals surface area contributed by atoms with E-state index in [2.05, 4.69) is 26.3 Å². The molecule has 1 amide bonds. The second-order valence-electron chi connectivity index (χ2n) is 6.63. The number of fused-ring (bicyclic) bond motifs is 1. The number of nitrogens with one attached hydrogen (secondary N) is 1. The molecule has 2 aromatic heterocycles. The van der Waals surface area contributed by atoms with E-state index in [4.69, 9.17) is 14.5 Å². The largest absolute Gasteiger partial charge is 0.477 e. The third-order valence-electron chi connectivity index (χ3n) is 3.90. The Hall–Kier alpha value is -2.61. The van der Waals surface area contributed by atoms with Gasteiger partial charge in [-0.2, -0.15) is 0 Å². The number of rotatable bonds is 7. The molecule has 1 aromatic carbocycles. The maximum absolute atomic E-state index is 12.0. The first-order valence-corrected chi connectivity index (χ1v) is 9.95. The molecule has 28 heavy (non-hydrogen) atoms. The van der Waals surface area contributed by atoms with Crippen molar-refractivity contribution >= 4 is 27.7 Å². The number of ether oxygens (including phenoxy) is 2. The van der Waals surface area contributed by atoms with Crippen LogP contribution in [0.2, 0.25) is 0 Å². The molecule has 0 aliphatic rings. The second kappa shape index (κ2) is 9.05. The maximum Gasteiger partial charge on any atom is 0.407 e. The van der Waals surface area contributed by atoms with Crippen molar-refractivity contribution in [1.82, 2.24) is 19.9 Å². The van der Waals surface area contributed by atoms with E-state index in [1.54, 1.807) is 10.6 Å². The smallest absolute Gasteiger partial charge is 0.407 e. The molecule has 7 nitrogen and oxygen atoms in total. The topological polar surface area (TPSA) is 77.8 Å². The van der Waals surface area contributed by atoms with E-state index in [0.717, 1.165) is 21.4 Å². The minimum Gasteiger partial charge on any atom is -0.477 e. The molecule has 2 heterocycles. The van der Waals surface area contributed by atoms with E-state index in [0.29, 0.717) is 24.7 Å². The van der Waals surface area contributed by atoms with Gasteiger partial charge in [0.15, 0.2) is 5.65 Å². The first-order chi connectivity index (χ1) is 13.5. The predicted octanol–water partition coefficient (Wildman–Crippen LogP) is 4.44. The van der Waals surface area contributed by atoms with E-state index in [-0.39, 0.29) is 12.5 Å². The zero-order valence-electron chi connectivity index (χ0n) is 16.1. The Balaban J connectivity index is 1.95. The van der Waals surface area contributed by atoms with Crippen molar-refractivity contribution in [3.05, 3.63) is 46.6 Å². The highest BCUT2D eigenvalue weighted by molar-refractivity contribution is 9.10. The molecule has 3 rings (SSSR count). The normalized spacial score (nSPS) is 11.0. The van der Waals surface area contributed by atoms with Gasteiger partial charge in [-0.3, -0.25) is 0 Å². The Labute approximate surface area is 172 Å². The lowest BCUT2D eigenvalue weighted by Crippen LogP contribution is -2.26. The highest BCUT2D eigenvalue weighted by Crippen LogP contribution is 2.26. The molecule has 3 aromatic rings. The van der Waals surface area contributed by atoms with E-state index in [1.807, 2.05) is 51.1 Å². The molecule has 148 valence electrons. The molecule has 0 unspecified atom stereocenters. The summed E-state index contributed by atoms with van der Waals surface area (Å²) in [5, 5.41) is 7.30. The Morgan fingerprint density at radius 3 is 2.64 bits per heavy atom. The van der Waals surface area contributed by atoms with Crippen LogP contribution in [0.3, 0.4) is 0 Å². The minimum atomic E-state index is -0.466. The number of hydrogen-bond donors (Lipinski definition) is 1. The van der Waals surface area contributed by atoms with E-state index < -0.39 is 6.09 Å². The predicted molar refractivity (Wildman–Crippen MR) is 110 cm³/mol. The van der Waals surface area contributed by atoms with Gasteiger partial charge in [0.05, 0.1) is 31.1 Å². The van der Waals surface area contributed by atoms with Gasteiger partial charge < -0.3 is 14.8 Å². The maximum atomic E-state index is 12.0. The SMILES string of the molecule is CCOc1ccc2nc(-c3ccc(Br)cc3)c(CNC(=O)OCC(C)C)n2n1.